The zero-order chi connectivity index (χ0) is 20.1. The van der Waals surface area contributed by atoms with Crippen LogP contribution in [0.3, 0.4) is 0 Å². The lowest BCUT2D eigenvalue weighted by molar-refractivity contribution is 0.143. The minimum atomic E-state index is -0.476. The highest BCUT2D eigenvalue weighted by Crippen LogP contribution is 2.21. The summed E-state index contributed by atoms with van der Waals surface area (Å²) in [5, 5.41) is 3.41. The zero-order valence-corrected chi connectivity index (χ0v) is 18.3. The van der Waals surface area contributed by atoms with Crippen LogP contribution in [0.1, 0.15) is 18.4 Å². The fourth-order valence-electron chi connectivity index (χ4n) is 2.56. The minimum absolute atomic E-state index is 0.0833. The first-order chi connectivity index (χ1) is 13.5. The van der Waals surface area contributed by atoms with Crippen molar-refractivity contribution in [3.63, 3.8) is 0 Å². The number of aromatic nitrogens is 4. The number of nitrogens with one attached hydrogen (secondary N) is 1. The van der Waals surface area contributed by atoms with Gasteiger partial charge in [-0.25, -0.2) is 9.78 Å². The molecule has 3 aromatic rings. The maximum atomic E-state index is 11.8. The van der Waals surface area contributed by atoms with E-state index in [-0.39, 0.29) is 11.1 Å². The summed E-state index contributed by atoms with van der Waals surface area (Å²) in [6.07, 6.45) is 2.62. The second-order valence-corrected chi connectivity index (χ2v) is 7.79. The molecule has 0 saturated carbocycles. The Bertz CT molecular complexity index is 977. The van der Waals surface area contributed by atoms with E-state index in [1.165, 1.54) is 0 Å². The van der Waals surface area contributed by atoms with Crippen LogP contribution in [0, 0.1) is 3.57 Å². The molecule has 0 bridgehead atoms. The first-order valence-corrected chi connectivity index (χ1v) is 10.3. The van der Waals surface area contributed by atoms with Crippen molar-refractivity contribution >= 4 is 68.9 Å². The number of amides is 1. The van der Waals surface area contributed by atoms with Crippen LogP contribution in [0.4, 0.5) is 10.6 Å². The number of ether oxygens (including phenoxy) is 1. The third-order valence-corrected chi connectivity index (χ3v) is 5.50. The first-order valence-electron chi connectivity index (χ1n) is 8.43. The SMILES string of the molecule is Nc1nc(Cl)nc2c1ncn2CCCCOC(=O)NCc1c(Cl)cccc1I. The summed E-state index contributed by atoms with van der Waals surface area (Å²) in [5.41, 5.74) is 7.76. The van der Waals surface area contributed by atoms with Crippen LogP contribution < -0.4 is 11.1 Å². The Balaban J connectivity index is 1.41. The minimum Gasteiger partial charge on any atom is -0.450 e. The number of rotatable bonds is 7. The molecule has 2 aromatic heterocycles. The Morgan fingerprint density at radius 3 is 2.89 bits per heavy atom. The predicted molar refractivity (Wildman–Crippen MR) is 116 cm³/mol. The highest BCUT2D eigenvalue weighted by molar-refractivity contribution is 14.1. The fraction of sp³-hybridized carbons (Fsp3) is 0.294. The molecule has 0 unspecified atom stereocenters. The number of hydrogen-bond acceptors (Lipinski definition) is 6. The van der Waals surface area contributed by atoms with Crippen LogP contribution in [0.5, 0.6) is 0 Å². The number of aryl methyl sites for hydroxylation is 1. The normalized spacial score (nSPS) is 11.0. The quantitative estimate of drug-likeness (QED) is 0.269. The molecule has 0 fully saturated rings. The summed E-state index contributed by atoms with van der Waals surface area (Å²) >= 11 is 14.2. The van der Waals surface area contributed by atoms with Crippen LogP contribution in [-0.4, -0.2) is 32.2 Å². The van der Waals surface area contributed by atoms with Gasteiger partial charge in [-0.05, 0) is 59.2 Å². The van der Waals surface area contributed by atoms with Crippen molar-refractivity contribution < 1.29 is 9.53 Å². The lowest BCUT2D eigenvalue weighted by Crippen LogP contribution is -2.24. The van der Waals surface area contributed by atoms with E-state index in [1.54, 1.807) is 12.4 Å². The number of hydrogen-bond donors (Lipinski definition) is 2. The monoisotopic (exact) mass is 534 g/mol. The van der Waals surface area contributed by atoms with Gasteiger partial charge in [-0.1, -0.05) is 17.7 Å². The van der Waals surface area contributed by atoms with Gasteiger partial charge in [0.15, 0.2) is 11.5 Å². The lowest BCUT2D eigenvalue weighted by atomic mass is 10.2. The number of fused-ring (bicyclic) bond motifs is 1. The van der Waals surface area contributed by atoms with Gasteiger partial charge in [0.2, 0.25) is 5.28 Å². The number of benzene rings is 1. The van der Waals surface area contributed by atoms with E-state index in [9.17, 15) is 4.79 Å². The summed E-state index contributed by atoms with van der Waals surface area (Å²) in [6.45, 7) is 1.27. The molecule has 28 heavy (non-hydrogen) atoms. The molecule has 148 valence electrons. The first kappa shape index (κ1) is 20.9. The Hall–Kier alpha value is -1.85. The van der Waals surface area contributed by atoms with E-state index >= 15 is 0 Å². The number of halogens is 3. The molecule has 0 aliphatic carbocycles. The summed E-state index contributed by atoms with van der Waals surface area (Å²) in [4.78, 5) is 24.1. The molecule has 0 atom stereocenters. The van der Waals surface area contributed by atoms with Gasteiger partial charge in [-0.15, -0.1) is 0 Å². The molecule has 0 spiro atoms. The van der Waals surface area contributed by atoms with E-state index in [1.807, 2.05) is 16.7 Å². The van der Waals surface area contributed by atoms with E-state index in [2.05, 4.69) is 42.9 Å². The molecular formula is C17H17Cl2IN6O2. The summed E-state index contributed by atoms with van der Waals surface area (Å²) < 4.78 is 8.04. The van der Waals surface area contributed by atoms with Crippen LogP contribution in [0.2, 0.25) is 10.3 Å². The van der Waals surface area contributed by atoms with Gasteiger partial charge in [0.25, 0.3) is 0 Å². The average molecular weight is 535 g/mol. The third-order valence-electron chi connectivity index (χ3n) is 3.96. The highest BCUT2D eigenvalue weighted by Gasteiger charge is 2.11. The molecule has 1 amide bonds. The highest BCUT2D eigenvalue weighted by atomic mass is 127. The number of anilines is 1. The summed E-state index contributed by atoms with van der Waals surface area (Å²) in [7, 11) is 0. The van der Waals surface area contributed by atoms with E-state index in [4.69, 9.17) is 33.7 Å². The number of carbonyl (C=O) groups excluding carboxylic acids is 1. The molecule has 0 saturated heterocycles. The van der Waals surface area contributed by atoms with Crippen molar-refractivity contribution in [1.29, 1.82) is 0 Å². The molecule has 11 heteroatoms. The summed E-state index contributed by atoms with van der Waals surface area (Å²) in [5.74, 6) is 0.252. The van der Waals surface area contributed by atoms with Gasteiger partial charge in [-0.3, -0.25) is 0 Å². The van der Waals surface area contributed by atoms with Crippen LogP contribution in [0.15, 0.2) is 24.5 Å². The number of nitrogens with two attached hydrogens (primary N) is 1. The van der Waals surface area contributed by atoms with Gasteiger partial charge >= 0.3 is 6.09 Å². The van der Waals surface area contributed by atoms with Crippen molar-refractivity contribution in [2.75, 3.05) is 12.3 Å². The largest absolute Gasteiger partial charge is 0.450 e. The molecule has 0 radical (unpaired) electrons. The summed E-state index contributed by atoms with van der Waals surface area (Å²) in [6, 6.07) is 5.58. The molecule has 2 heterocycles. The molecule has 1 aromatic carbocycles. The van der Waals surface area contributed by atoms with Gasteiger partial charge in [-0.2, -0.15) is 9.97 Å². The predicted octanol–water partition coefficient (Wildman–Crippen LogP) is 4.03. The maximum absolute atomic E-state index is 11.8. The van der Waals surface area contributed by atoms with Gasteiger partial charge < -0.3 is 20.4 Å². The fourth-order valence-corrected chi connectivity index (χ4v) is 3.82. The van der Waals surface area contributed by atoms with Crippen molar-refractivity contribution in [3.8, 4) is 0 Å². The zero-order valence-electron chi connectivity index (χ0n) is 14.7. The third kappa shape index (κ3) is 5.15. The number of imidazole rings is 1. The number of nitrogens with zero attached hydrogens (tertiary/aromatic N) is 4. The number of carbonyl (C=O) groups is 1. The van der Waals surface area contributed by atoms with Crippen LogP contribution in [0.25, 0.3) is 11.2 Å². The standard InChI is InChI=1S/C17H17Cl2IN6O2/c18-11-4-3-5-12(20)10(11)8-22-17(27)28-7-2-1-6-26-9-23-13-14(21)24-16(19)25-15(13)26/h3-5,9H,1-2,6-8H2,(H,22,27)(H2,21,24,25). The van der Waals surface area contributed by atoms with Crippen LogP contribution >= 0.6 is 45.8 Å². The topological polar surface area (TPSA) is 108 Å². The van der Waals surface area contributed by atoms with E-state index in [0.29, 0.717) is 42.3 Å². The smallest absolute Gasteiger partial charge is 0.407 e. The Morgan fingerprint density at radius 2 is 2.11 bits per heavy atom. The van der Waals surface area contributed by atoms with E-state index < -0.39 is 6.09 Å². The van der Waals surface area contributed by atoms with Gasteiger partial charge in [0, 0.05) is 27.2 Å². The Kier molecular flexibility index (Phi) is 7.13. The lowest BCUT2D eigenvalue weighted by Gasteiger charge is -2.10. The molecule has 8 nitrogen and oxygen atoms in total. The maximum Gasteiger partial charge on any atom is 0.407 e. The number of alkyl carbamates (subject to hydrolysis) is 1. The average Bonchev–Trinajstić information content (AvgIpc) is 3.04. The van der Waals surface area contributed by atoms with Crippen molar-refractivity contribution in [2.45, 2.75) is 25.9 Å². The molecule has 3 rings (SSSR count). The second kappa shape index (κ2) is 9.57. The molecular weight excluding hydrogens is 518 g/mol. The molecule has 0 aliphatic heterocycles. The second-order valence-electron chi connectivity index (χ2n) is 5.88. The molecule has 3 N–H and O–H groups in total. The van der Waals surface area contributed by atoms with Gasteiger partial charge in [0.1, 0.15) is 5.52 Å². The van der Waals surface area contributed by atoms with E-state index in [0.717, 1.165) is 15.6 Å². The van der Waals surface area contributed by atoms with Gasteiger partial charge in [0.05, 0.1) is 12.9 Å². The number of nitrogen functional groups attached to an aromatic ring is 1. The van der Waals surface area contributed by atoms with Crippen molar-refractivity contribution in [3.05, 3.63) is 44.0 Å². The van der Waals surface area contributed by atoms with Crippen LogP contribution in [-0.2, 0) is 17.8 Å². The Labute approximate surface area is 184 Å². The molecule has 0 aliphatic rings. The van der Waals surface area contributed by atoms with Crippen molar-refractivity contribution in [2.24, 2.45) is 0 Å². The number of unbranched alkanes of at least 4 members (excludes halogenated alkanes) is 1. The Morgan fingerprint density at radius 1 is 1.29 bits per heavy atom. The van der Waals surface area contributed by atoms with Crippen molar-refractivity contribution in [1.82, 2.24) is 24.8 Å².